The molecule has 2 aliphatic heterocycles. The summed E-state index contributed by atoms with van der Waals surface area (Å²) in [6.45, 7) is 1.93. The summed E-state index contributed by atoms with van der Waals surface area (Å²) in [5.41, 5.74) is -0.768. The van der Waals surface area contributed by atoms with Crippen molar-refractivity contribution >= 4 is 11.9 Å². The number of rotatable bonds is 2. The summed E-state index contributed by atoms with van der Waals surface area (Å²) in [5.74, 6) is 1.11. The maximum absolute atomic E-state index is 13.1. The number of hydrogen-bond donors (Lipinski definition) is 1. The van der Waals surface area contributed by atoms with Crippen LogP contribution in [0.3, 0.4) is 0 Å². The Bertz CT molecular complexity index is 521. The van der Waals surface area contributed by atoms with Gasteiger partial charge in [0, 0.05) is 31.5 Å². The minimum atomic E-state index is -0.768. The van der Waals surface area contributed by atoms with Crippen molar-refractivity contribution in [3.05, 3.63) is 0 Å². The van der Waals surface area contributed by atoms with E-state index in [1.54, 1.807) is 0 Å². The zero-order valence-corrected chi connectivity index (χ0v) is 14.4. The quantitative estimate of drug-likeness (QED) is 0.842. The molecule has 0 aromatic carbocycles. The molecule has 5 heteroatoms. The second kappa shape index (κ2) is 6.32. The molecule has 2 aliphatic carbocycles. The fourth-order valence-corrected chi connectivity index (χ4v) is 5.82. The van der Waals surface area contributed by atoms with E-state index in [0.29, 0.717) is 32.7 Å². The lowest BCUT2D eigenvalue weighted by Crippen LogP contribution is -2.45. The third kappa shape index (κ3) is 2.65. The van der Waals surface area contributed by atoms with Crippen molar-refractivity contribution in [3.63, 3.8) is 0 Å². The minimum absolute atomic E-state index is 0.0429. The van der Waals surface area contributed by atoms with Gasteiger partial charge in [0.15, 0.2) is 0 Å². The van der Waals surface area contributed by atoms with E-state index in [9.17, 15) is 14.7 Å². The normalized spacial score (nSPS) is 42.2. The average molecular weight is 335 g/mol. The Morgan fingerprint density at radius 3 is 2.62 bits per heavy atom. The number of amides is 1. The average Bonchev–Trinajstić information content (AvgIpc) is 3.02. The van der Waals surface area contributed by atoms with E-state index in [1.807, 2.05) is 4.90 Å². The predicted octanol–water partition coefficient (Wildman–Crippen LogP) is 2.54. The summed E-state index contributed by atoms with van der Waals surface area (Å²) < 4.78 is 5.50. The number of aliphatic carboxylic acids is 1. The Hall–Kier alpha value is -1.10. The van der Waals surface area contributed by atoms with Crippen molar-refractivity contribution in [2.75, 3.05) is 26.3 Å². The van der Waals surface area contributed by atoms with Crippen molar-refractivity contribution in [1.29, 1.82) is 0 Å². The maximum atomic E-state index is 13.1. The summed E-state index contributed by atoms with van der Waals surface area (Å²) >= 11 is 0. The van der Waals surface area contributed by atoms with Gasteiger partial charge >= 0.3 is 5.97 Å². The van der Waals surface area contributed by atoms with Gasteiger partial charge in [-0.1, -0.05) is 25.7 Å². The van der Waals surface area contributed by atoms with Crippen LogP contribution in [0.4, 0.5) is 0 Å². The topological polar surface area (TPSA) is 66.8 Å². The Morgan fingerprint density at radius 1 is 1.08 bits per heavy atom. The van der Waals surface area contributed by atoms with Crippen molar-refractivity contribution in [2.24, 2.45) is 29.1 Å². The third-order valence-corrected chi connectivity index (χ3v) is 7.33. The first-order valence-electron chi connectivity index (χ1n) is 9.70. The molecule has 4 fully saturated rings. The number of nitrogens with zero attached hydrogens (tertiary/aromatic N) is 1. The highest BCUT2D eigenvalue weighted by Gasteiger charge is 2.55. The molecule has 2 saturated heterocycles. The van der Waals surface area contributed by atoms with Gasteiger partial charge in [-0.2, -0.15) is 0 Å². The zero-order chi connectivity index (χ0) is 16.7. The fourth-order valence-electron chi connectivity index (χ4n) is 5.82. The molecule has 134 valence electrons. The fraction of sp³-hybridized carbons (Fsp3) is 0.895. The van der Waals surface area contributed by atoms with E-state index in [-0.39, 0.29) is 17.7 Å². The molecule has 2 saturated carbocycles. The summed E-state index contributed by atoms with van der Waals surface area (Å²) in [7, 11) is 0. The van der Waals surface area contributed by atoms with Gasteiger partial charge in [0.25, 0.3) is 0 Å². The Labute approximate surface area is 143 Å². The Morgan fingerprint density at radius 2 is 1.88 bits per heavy atom. The first kappa shape index (κ1) is 16.4. The molecule has 2 heterocycles. The lowest BCUT2D eigenvalue weighted by atomic mass is 9.67. The highest BCUT2D eigenvalue weighted by molar-refractivity contribution is 5.82. The van der Waals surface area contributed by atoms with Gasteiger partial charge in [-0.05, 0) is 37.5 Å². The molecule has 3 unspecified atom stereocenters. The molecular weight excluding hydrogens is 306 g/mol. The van der Waals surface area contributed by atoms with Crippen LogP contribution >= 0.6 is 0 Å². The van der Waals surface area contributed by atoms with Crippen LogP contribution in [0.25, 0.3) is 0 Å². The molecule has 0 radical (unpaired) electrons. The Kier molecular flexibility index (Phi) is 4.31. The van der Waals surface area contributed by atoms with Crippen LogP contribution in [-0.2, 0) is 14.3 Å². The van der Waals surface area contributed by atoms with E-state index < -0.39 is 11.4 Å². The molecule has 0 aromatic rings. The summed E-state index contributed by atoms with van der Waals surface area (Å²) in [5, 5.41) is 9.77. The number of fused-ring (bicyclic) bond motifs is 2. The van der Waals surface area contributed by atoms with Gasteiger partial charge in [-0.25, -0.2) is 0 Å². The van der Waals surface area contributed by atoms with Crippen LogP contribution in [-0.4, -0.2) is 48.2 Å². The highest BCUT2D eigenvalue weighted by atomic mass is 16.5. The number of hydrogen-bond acceptors (Lipinski definition) is 3. The van der Waals surface area contributed by atoms with Gasteiger partial charge in [0.05, 0.1) is 12.0 Å². The van der Waals surface area contributed by atoms with Crippen molar-refractivity contribution < 1.29 is 19.4 Å². The van der Waals surface area contributed by atoms with Crippen LogP contribution < -0.4 is 0 Å². The molecular formula is C19H29NO4. The third-order valence-electron chi connectivity index (χ3n) is 7.33. The highest BCUT2D eigenvalue weighted by Crippen LogP contribution is 2.46. The SMILES string of the molecule is O=C(C1CCC2CCCCC2C1)N1C[C@H]2COCC[C@@]2(C(=O)O)C1. The van der Waals surface area contributed by atoms with Gasteiger partial charge in [0.1, 0.15) is 0 Å². The molecule has 5 nitrogen and oxygen atoms in total. The monoisotopic (exact) mass is 335 g/mol. The van der Waals surface area contributed by atoms with Crippen molar-refractivity contribution in [1.82, 2.24) is 4.90 Å². The molecule has 0 spiro atoms. The number of ether oxygens (including phenoxy) is 1. The molecule has 4 aliphatic rings. The predicted molar refractivity (Wildman–Crippen MR) is 88.4 cm³/mol. The van der Waals surface area contributed by atoms with Crippen molar-refractivity contribution in [3.8, 4) is 0 Å². The van der Waals surface area contributed by atoms with Gasteiger partial charge in [-0.3, -0.25) is 9.59 Å². The van der Waals surface area contributed by atoms with Crippen LogP contribution in [0.15, 0.2) is 0 Å². The number of carbonyl (C=O) groups is 2. The standard InChI is InChI=1S/C19H29NO4/c21-17(15-6-5-13-3-1-2-4-14(13)9-15)20-10-16-11-24-8-7-19(16,12-20)18(22)23/h13-16H,1-12H2,(H,22,23)/t13?,14?,15?,16-,19+/m0/s1. The number of carboxylic acid groups (broad SMARTS) is 1. The molecule has 0 aromatic heterocycles. The van der Waals surface area contributed by atoms with Crippen LogP contribution in [0.2, 0.25) is 0 Å². The first-order valence-corrected chi connectivity index (χ1v) is 9.70. The molecule has 4 rings (SSSR count). The second-order valence-corrected chi connectivity index (χ2v) is 8.52. The smallest absolute Gasteiger partial charge is 0.311 e. The largest absolute Gasteiger partial charge is 0.481 e. The summed E-state index contributed by atoms with van der Waals surface area (Å²) in [6, 6.07) is 0. The lowest BCUT2D eigenvalue weighted by Gasteiger charge is -2.39. The number of likely N-dealkylation sites (tertiary alicyclic amines) is 1. The number of carbonyl (C=O) groups excluding carboxylic acids is 1. The molecule has 5 atom stereocenters. The molecule has 24 heavy (non-hydrogen) atoms. The van der Waals surface area contributed by atoms with Crippen LogP contribution in [0.5, 0.6) is 0 Å². The maximum Gasteiger partial charge on any atom is 0.311 e. The van der Waals surface area contributed by atoms with Gasteiger partial charge in [-0.15, -0.1) is 0 Å². The summed E-state index contributed by atoms with van der Waals surface area (Å²) in [6.07, 6.45) is 9.04. The molecule has 1 amide bonds. The van der Waals surface area contributed by atoms with E-state index >= 15 is 0 Å². The Balaban J connectivity index is 1.44. The minimum Gasteiger partial charge on any atom is -0.481 e. The summed E-state index contributed by atoms with van der Waals surface area (Å²) in [4.78, 5) is 26.8. The zero-order valence-electron chi connectivity index (χ0n) is 14.4. The number of carboxylic acids is 1. The molecule has 1 N–H and O–H groups in total. The van der Waals surface area contributed by atoms with Crippen LogP contribution in [0.1, 0.15) is 51.4 Å². The second-order valence-electron chi connectivity index (χ2n) is 8.52. The molecule has 0 bridgehead atoms. The van der Waals surface area contributed by atoms with Gasteiger partial charge in [0.2, 0.25) is 5.91 Å². The van der Waals surface area contributed by atoms with E-state index in [0.717, 1.165) is 24.7 Å². The van der Waals surface area contributed by atoms with Crippen LogP contribution in [0, 0.1) is 29.1 Å². The lowest BCUT2D eigenvalue weighted by molar-refractivity contribution is -0.157. The van der Waals surface area contributed by atoms with E-state index in [4.69, 9.17) is 4.74 Å². The van der Waals surface area contributed by atoms with Gasteiger partial charge < -0.3 is 14.7 Å². The van der Waals surface area contributed by atoms with E-state index in [1.165, 1.54) is 32.1 Å². The first-order chi connectivity index (χ1) is 11.6. The van der Waals surface area contributed by atoms with E-state index in [2.05, 4.69) is 0 Å². The van der Waals surface area contributed by atoms with Crippen molar-refractivity contribution in [2.45, 2.75) is 51.4 Å².